The Morgan fingerprint density at radius 3 is 2.58 bits per heavy atom. The number of hydrogen-bond donors (Lipinski definition) is 1. The van der Waals surface area contributed by atoms with E-state index in [1.807, 2.05) is 25.7 Å². The summed E-state index contributed by atoms with van der Waals surface area (Å²) in [7, 11) is -2.04. The van der Waals surface area contributed by atoms with Crippen LogP contribution in [0.4, 0.5) is 0 Å². The monoisotopic (exact) mass is 403 g/mol. The molecule has 1 unspecified atom stereocenters. The van der Waals surface area contributed by atoms with Gasteiger partial charge in [0.1, 0.15) is 0 Å². The fraction of sp³-hybridized carbons (Fsp3) is 0.611. The Bertz CT molecular complexity index is 703. The predicted octanol–water partition coefficient (Wildman–Crippen LogP) is 2.35. The van der Waals surface area contributed by atoms with Crippen molar-refractivity contribution >= 4 is 28.3 Å². The molecule has 1 aliphatic heterocycles. The molecule has 1 fully saturated rings. The molecule has 0 bridgehead atoms. The molecule has 148 valence electrons. The smallest absolute Gasteiger partial charge is 0.254 e. The largest absolute Gasteiger partial charge is 0.334 e. The Labute approximate surface area is 163 Å². The van der Waals surface area contributed by atoms with Gasteiger partial charge in [-0.2, -0.15) is 4.31 Å². The van der Waals surface area contributed by atoms with Crippen LogP contribution in [0.1, 0.15) is 44.0 Å². The number of benzene rings is 1. The summed E-state index contributed by atoms with van der Waals surface area (Å²) < 4.78 is 26.7. The fourth-order valence-corrected chi connectivity index (χ4v) is 4.41. The minimum atomic E-state index is -3.60. The zero-order chi connectivity index (χ0) is 18.6. The summed E-state index contributed by atoms with van der Waals surface area (Å²) in [5.74, 6) is -0.0974. The van der Waals surface area contributed by atoms with Crippen LogP contribution in [0, 0.1) is 0 Å². The van der Waals surface area contributed by atoms with E-state index in [4.69, 9.17) is 0 Å². The van der Waals surface area contributed by atoms with Crippen molar-refractivity contribution in [2.75, 3.05) is 26.7 Å². The molecule has 1 saturated heterocycles. The first-order valence-corrected chi connectivity index (χ1v) is 10.3. The van der Waals surface area contributed by atoms with Crippen molar-refractivity contribution in [1.29, 1.82) is 0 Å². The van der Waals surface area contributed by atoms with E-state index < -0.39 is 10.0 Å². The summed E-state index contributed by atoms with van der Waals surface area (Å²) in [6, 6.07) is 6.41. The Morgan fingerprint density at radius 1 is 1.35 bits per heavy atom. The molecule has 1 heterocycles. The van der Waals surface area contributed by atoms with Gasteiger partial charge in [0.05, 0.1) is 4.90 Å². The molecule has 0 spiro atoms. The third kappa shape index (κ3) is 4.97. The second kappa shape index (κ2) is 9.69. The van der Waals surface area contributed by atoms with E-state index in [1.165, 1.54) is 10.4 Å². The first-order chi connectivity index (χ1) is 11.8. The molecule has 1 aliphatic rings. The van der Waals surface area contributed by atoms with Crippen LogP contribution in [0.3, 0.4) is 0 Å². The lowest BCUT2D eigenvalue weighted by Crippen LogP contribution is -2.42. The lowest BCUT2D eigenvalue weighted by Gasteiger charge is -2.28. The lowest BCUT2D eigenvalue weighted by molar-refractivity contribution is 0.0692. The van der Waals surface area contributed by atoms with Crippen LogP contribution in [0.2, 0.25) is 0 Å². The van der Waals surface area contributed by atoms with Crippen molar-refractivity contribution in [3.8, 4) is 0 Å². The van der Waals surface area contributed by atoms with Gasteiger partial charge in [0, 0.05) is 37.8 Å². The maximum Gasteiger partial charge on any atom is 0.254 e. The molecule has 2 rings (SSSR count). The van der Waals surface area contributed by atoms with E-state index in [-0.39, 0.29) is 35.3 Å². The molecule has 0 aromatic heterocycles. The number of sulfonamides is 1. The second-order valence-corrected chi connectivity index (χ2v) is 8.79. The molecule has 1 aromatic carbocycles. The van der Waals surface area contributed by atoms with Crippen molar-refractivity contribution < 1.29 is 13.2 Å². The average molecular weight is 404 g/mol. The SMILES string of the molecule is CCCN(C(=O)c1cccc(S(=O)(=O)N(C)C(C)C)c1)C1CCNC1.Cl. The van der Waals surface area contributed by atoms with Gasteiger partial charge in [-0.3, -0.25) is 4.79 Å². The molecular formula is C18H30ClN3O3S. The number of rotatable bonds is 7. The Morgan fingerprint density at radius 2 is 2.04 bits per heavy atom. The van der Waals surface area contributed by atoms with E-state index in [0.717, 1.165) is 25.9 Å². The molecule has 1 amide bonds. The molecule has 0 aliphatic carbocycles. The van der Waals surface area contributed by atoms with Gasteiger partial charge in [-0.05, 0) is 51.4 Å². The van der Waals surface area contributed by atoms with E-state index in [1.54, 1.807) is 25.2 Å². The number of carbonyl (C=O) groups is 1. The van der Waals surface area contributed by atoms with Crippen molar-refractivity contribution in [3.63, 3.8) is 0 Å². The van der Waals surface area contributed by atoms with Crippen LogP contribution in [-0.4, -0.2) is 62.3 Å². The topological polar surface area (TPSA) is 69.7 Å². The highest BCUT2D eigenvalue weighted by Gasteiger charge is 2.28. The summed E-state index contributed by atoms with van der Waals surface area (Å²) in [5, 5.41) is 3.28. The number of halogens is 1. The van der Waals surface area contributed by atoms with Crippen molar-refractivity contribution in [2.45, 2.75) is 50.6 Å². The fourth-order valence-electron chi connectivity index (χ4n) is 3.00. The molecule has 8 heteroatoms. The Hall–Kier alpha value is -1.15. The van der Waals surface area contributed by atoms with Gasteiger partial charge in [-0.1, -0.05) is 13.0 Å². The Kier molecular flexibility index (Phi) is 8.53. The summed E-state index contributed by atoms with van der Waals surface area (Å²) in [6.45, 7) is 8.06. The quantitative estimate of drug-likeness (QED) is 0.758. The van der Waals surface area contributed by atoms with Crippen LogP contribution >= 0.6 is 12.4 Å². The third-order valence-electron chi connectivity index (χ3n) is 4.69. The van der Waals surface area contributed by atoms with Gasteiger partial charge in [0.15, 0.2) is 0 Å². The predicted molar refractivity (Wildman–Crippen MR) is 106 cm³/mol. The van der Waals surface area contributed by atoms with Crippen LogP contribution < -0.4 is 5.32 Å². The maximum absolute atomic E-state index is 13.0. The van der Waals surface area contributed by atoms with E-state index in [2.05, 4.69) is 5.32 Å². The summed E-state index contributed by atoms with van der Waals surface area (Å²) in [5.41, 5.74) is 0.429. The summed E-state index contributed by atoms with van der Waals surface area (Å²) in [4.78, 5) is 15.0. The Balaban J connectivity index is 0.00000338. The molecule has 1 atom stereocenters. The molecule has 0 saturated carbocycles. The van der Waals surface area contributed by atoms with Gasteiger partial charge in [0.2, 0.25) is 10.0 Å². The van der Waals surface area contributed by atoms with Crippen LogP contribution in [0.5, 0.6) is 0 Å². The molecule has 6 nitrogen and oxygen atoms in total. The zero-order valence-corrected chi connectivity index (χ0v) is 17.6. The minimum Gasteiger partial charge on any atom is -0.334 e. The number of nitrogens with one attached hydrogen (secondary N) is 1. The van der Waals surface area contributed by atoms with Gasteiger partial charge >= 0.3 is 0 Å². The number of amides is 1. The van der Waals surface area contributed by atoms with Gasteiger partial charge in [-0.25, -0.2) is 8.42 Å². The maximum atomic E-state index is 13.0. The first-order valence-electron chi connectivity index (χ1n) is 8.88. The normalized spacial score (nSPS) is 17.4. The van der Waals surface area contributed by atoms with Gasteiger partial charge in [0.25, 0.3) is 5.91 Å². The molecule has 1 N–H and O–H groups in total. The average Bonchev–Trinajstić information content (AvgIpc) is 3.12. The van der Waals surface area contributed by atoms with E-state index in [9.17, 15) is 13.2 Å². The highest BCUT2D eigenvalue weighted by Crippen LogP contribution is 2.20. The lowest BCUT2D eigenvalue weighted by atomic mass is 10.1. The molecule has 26 heavy (non-hydrogen) atoms. The van der Waals surface area contributed by atoms with E-state index >= 15 is 0 Å². The van der Waals surface area contributed by atoms with Gasteiger partial charge < -0.3 is 10.2 Å². The van der Waals surface area contributed by atoms with Crippen LogP contribution in [-0.2, 0) is 10.0 Å². The molecular weight excluding hydrogens is 374 g/mol. The number of nitrogens with zero attached hydrogens (tertiary/aromatic N) is 2. The highest BCUT2D eigenvalue weighted by molar-refractivity contribution is 7.89. The number of carbonyl (C=O) groups excluding carboxylic acids is 1. The molecule has 0 radical (unpaired) electrons. The van der Waals surface area contributed by atoms with Crippen LogP contribution in [0.15, 0.2) is 29.2 Å². The summed E-state index contributed by atoms with van der Waals surface area (Å²) >= 11 is 0. The summed E-state index contributed by atoms with van der Waals surface area (Å²) in [6.07, 6.45) is 1.80. The van der Waals surface area contributed by atoms with E-state index in [0.29, 0.717) is 12.1 Å². The van der Waals surface area contributed by atoms with Crippen molar-refractivity contribution in [1.82, 2.24) is 14.5 Å². The van der Waals surface area contributed by atoms with Crippen molar-refractivity contribution in [3.05, 3.63) is 29.8 Å². The minimum absolute atomic E-state index is 0. The van der Waals surface area contributed by atoms with Crippen LogP contribution in [0.25, 0.3) is 0 Å². The van der Waals surface area contributed by atoms with Gasteiger partial charge in [-0.15, -0.1) is 12.4 Å². The zero-order valence-electron chi connectivity index (χ0n) is 15.9. The standard InChI is InChI=1S/C18H29N3O3S.ClH/c1-5-11-21(16-9-10-19-13-16)18(22)15-7-6-8-17(12-15)25(23,24)20(4)14(2)3;/h6-8,12,14,16,19H,5,9-11,13H2,1-4H3;1H. The van der Waals surface area contributed by atoms with Crippen molar-refractivity contribution in [2.24, 2.45) is 0 Å². The highest BCUT2D eigenvalue weighted by atomic mass is 35.5. The third-order valence-corrected chi connectivity index (χ3v) is 6.72. The first kappa shape index (κ1) is 22.9. The molecule has 1 aromatic rings. The number of hydrogen-bond acceptors (Lipinski definition) is 4. The second-order valence-electron chi connectivity index (χ2n) is 6.79.